The van der Waals surface area contributed by atoms with E-state index in [9.17, 15) is 0 Å². The van der Waals surface area contributed by atoms with Crippen molar-refractivity contribution in [2.45, 2.75) is 39.9 Å². The van der Waals surface area contributed by atoms with Crippen LogP contribution in [0.2, 0.25) is 0 Å². The van der Waals surface area contributed by atoms with Crippen LogP contribution >= 0.6 is 0 Å². The van der Waals surface area contributed by atoms with Gasteiger partial charge in [0.25, 0.3) is 0 Å². The fourth-order valence-corrected chi connectivity index (χ4v) is 2.14. The number of rotatable bonds is 6. The number of anilines is 1. The molecule has 0 unspecified atom stereocenters. The van der Waals surface area contributed by atoms with Gasteiger partial charge in [0.2, 0.25) is 0 Å². The van der Waals surface area contributed by atoms with E-state index >= 15 is 0 Å². The first-order valence-corrected chi connectivity index (χ1v) is 7.35. The van der Waals surface area contributed by atoms with Crippen molar-refractivity contribution in [1.29, 1.82) is 0 Å². The van der Waals surface area contributed by atoms with Gasteiger partial charge in [-0.2, -0.15) is 0 Å². The average Bonchev–Trinajstić information content (AvgIpc) is 2.45. The van der Waals surface area contributed by atoms with Crippen molar-refractivity contribution >= 4 is 5.82 Å². The number of nitrogens with one attached hydrogen (secondary N) is 1. The maximum Gasteiger partial charge on any atom is 0.147 e. The van der Waals surface area contributed by atoms with E-state index in [0.29, 0.717) is 6.04 Å². The molecule has 2 aromatic rings. The Balaban J connectivity index is 2.05. The van der Waals surface area contributed by atoms with Crippen LogP contribution in [0.3, 0.4) is 0 Å². The highest BCUT2D eigenvalue weighted by Gasteiger charge is 2.06. The lowest BCUT2D eigenvalue weighted by atomic mass is 10.1. The summed E-state index contributed by atoms with van der Waals surface area (Å²) in [5.41, 5.74) is 3.53. The summed E-state index contributed by atoms with van der Waals surface area (Å²) in [7, 11) is 2.05. The molecule has 4 nitrogen and oxygen atoms in total. The van der Waals surface area contributed by atoms with Gasteiger partial charge in [-0.15, -0.1) is 0 Å². The molecule has 4 heteroatoms. The molecule has 1 aromatic carbocycles. The van der Waals surface area contributed by atoms with Crippen LogP contribution in [-0.2, 0) is 13.1 Å². The van der Waals surface area contributed by atoms with Crippen LogP contribution < -0.4 is 10.2 Å². The molecule has 0 radical (unpaired) electrons. The third kappa shape index (κ3) is 4.83. The van der Waals surface area contributed by atoms with Crippen molar-refractivity contribution in [2.24, 2.45) is 0 Å². The van der Waals surface area contributed by atoms with Crippen LogP contribution in [0.4, 0.5) is 5.82 Å². The molecule has 0 aliphatic carbocycles. The molecule has 0 aliphatic heterocycles. The van der Waals surface area contributed by atoms with Gasteiger partial charge in [0.15, 0.2) is 0 Å². The van der Waals surface area contributed by atoms with Crippen LogP contribution in [0, 0.1) is 6.92 Å². The lowest BCUT2D eigenvalue weighted by molar-refractivity contribution is 0.580. The molecular formula is C17H24N4. The first kappa shape index (κ1) is 15.4. The lowest BCUT2D eigenvalue weighted by Gasteiger charge is -2.19. The SMILES string of the molecule is Cc1cccc(CN(C)c2cncc(CNC(C)C)n2)c1. The van der Waals surface area contributed by atoms with Crippen LogP contribution in [0.25, 0.3) is 0 Å². The van der Waals surface area contributed by atoms with Crippen LogP contribution in [0.1, 0.15) is 30.7 Å². The number of aromatic nitrogens is 2. The largest absolute Gasteiger partial charge is 0.354 e. The highest BCUT2D eigenvalue weighted by Crippen LogP contribution is 2.13. The van der Waals surface area contributed by atoms with Crippen LogP contribution in [0.5, 0.6) is 0 Å². The van der Waals surface area contributed by atoms with Gasteiger partial charge in [0.05, 0.1) is 11.9 Å². The zero-order valence-electron chi connectivity index (χ0n) is 13.3. The van der Waals surface area contributed by atoms with Gasteiger partial charge in [0.1, 0.15) is 5.82 Å². The molecule has 2 rings (SSSR count). The lowest BCUT2D eigenvalue weighted by Crippen LogP contribution is -2.23. The minimum absolute atomic E-state index is 0.445. The zero-order valence-corrected chi connectivity index (χ0v) is 13.3. The van der Waals surface area contributed by atoms with Gasteiger partial charge in [-0.1, -0.05) is 43.7 Å². The molecule has 0 bridgehead atoms. The van der Waals surface area contributed by atoms with E-state index in [0.717, 1.165) is 24.6 Å². The van der Waals surface area contributed by atoms with Crippen molar-refractivity contribution in [3.63, 3.8) is 0 Å². The summed E-state index contributed by atoms with van der Waals surface area (Å²) in [6, 6.07) is 8.99. The number of hydrogen-bond acceptors (Lipinski definition) is 4. The highest BCUT2D eigenvalue weighted by atomic mass is 15.2. The molecule has 0 atom stereocenters. The zero-order chi connectivity index (χ0) is 15.2. The summed E-state index contributed by atoms with van der Waals surface area (Å²) < 4.78 is 0. The molecular weight excluding hydrogens is 260 g/mol. The van der Waals surface area contributed by atoms with Gasteiger partial charge < -0.3 is 10.2 Å². The minimum Gasteiger partial charge on any atom is -0.354 e. The standard InChI is InChI=1S/C17H24N4/c1-13(2)19-10-16-9-18-11-17(20-16)21(4)12-15-7-5-6-14(3)8-15/h5-9,11,13,19H,10,12H2,1-4H3. The van der Waals surface area contributed by atoms with Gasteiger partial charge in [0, 0.05) is 32.4 Å². The van der Waals surface area contributed by atoms with E-state index in [1.807, 2.05) is 19.4 Å². The second-order valence-electron chi connectivity index (χ2n) is 5.75. The third-order valence-corrected chi connectivity index (χ3v) is 3.26. The summed E-state index contributed by atoms with van der Waals surface area (Å²) in [6.45, 7) is 7.94. The summed E-state index contributed by atoms with van der Waals surface area (Å²) in [4.78, 5) is 11.1. The number of aryl methyl sites for hydroxylation is 1. The van der Waals surface area contributed by atoms with Gasteiger partial charge in [-0.3, -0.25) is 4.98 Å². The third-order valence-electron chi connectivity index (χ3n) is 3.26. The number of hydrogen-bond donors (Lipinski definition) is 1. The summed E-state index contributed by atoms with van der Waals surface area (Å²) in [5, 5.41) is 3.36. The number of nitrogens with zero attached hydrogens (tertiary/aromatic N) is 3. The van der Waals surface area contributed by atoms with Crippen LogP contribution in [0.15, 0.2) is 36.7 Å². The maximum absolute atomic E-state index is 4.66. The van der Waals surface area contributed by atoms with E-state index in [1.165, 1.54) is 11.1 Å². The smallest absolute Gasteiger partial charge is 0.147 e. The Bertz CT molecular complexity index is 581. The Hall–Kier alpha value is -1.94. The second-order valence-corrected chi connectivity index (χ2v) is 5.75. The Morgan fingerprint density at radius 2 is 2.05 bits per heavy atom. The van der Waals surface area contributed by atoms with Crippen molar-refractivity contribution in [3.05, 3.63) is 53.5 Å². The summed E-state index contributed by atoms with van der Waals surface area (Å²) in [5.74, 6) is 0.902. The van der Waals surface area contributed by atoms with E-state index < -0.39 is 0 Å². The molecule has 0 saturated carbocycles. The molecule has 112 valence electrons. The maximum atomic E-state index is 4.66. The normalized spacial score (nSPS) is 10.9. The van der Waals surface area contributed by atoms with E-state index in [2.05, 4.69) is 65.2 Å². The van der Waals surface area contributed by atoms with Gasteiger partial charge in [-0.25, -0.2) is 4.98 Å². The molecule has 0 spiro atoms. The molecule has 1 heterocycles. The van der Waals surface area contributed by atoms with Crippen molar-refractivity contribution in [2.75, 3.05) is 11.9 Å². The summed E-state index contributed by atoms with van der Waals surface area (Å²) in [6.07, 6.45) is 3.63. The first-order chi connectivity index (χ1) is 10.0. The minimum atomic E-state index is 0.445. The Labute approximate surface area is 127 Å². The van der Waals surface area contributed by atoms with E-state index in [4.69, 9.17) is 0 Å². The quantitative estimate of drug-likeness (QED) is 0.885. The first-order valence-electron chi connectivity index (χ1n) is 7.35. The monoisotopic (exact) mass is 284 g/mol. The van der Waals surface area contributed by atoms with Gasteiger partial charge in [-0.05, 0) is 12.5 Å². The predicted octanol–water partition coefficient (Wildman–Crippen LogP) is 2.92. The molecule has 0 aliphatic rings. The van der Waals surface area contributed by atoms with Crippen LogP contribution in [-0.4, -0.2) is 23.1 Å². The molecule has 1 N–H and O–H groups in total. The molecule has 21 heavy (non-hydrogen) atoms. The van der Waals surface area contributed by atoms with Gasteiger partial charge >= 0.3 is 0 Å². The molecule has 0 saturated heterocycles. The Morgan fingerprint density at radius 3 is 2.76 bits per heavy atom. The molecule has 0 fully saturated rings. The highest BCUT2D eigenvalue weighted by molar-refractivity contribution is 5.37. The fraction of sp³-hybridized carbons (Fsp3) is 0.412. The summed E-state index contributed by atoms with van der Waals surface area (Å²) >= 11 is 0. The average molecular weight is 284 g/mol. The molecule has 0 amide bonds. The van der Waals surface area contributed by atoms with Crippen molar-refractivity contribution in [3.8, 4) is 0 Å². The number of benzene rings is 1. The van der Waals surface area contributed by atoms with E-state index in [-0.39, 0.29) is 0 Å². The topological polar surface area (TPSA) is 41.1 Å². The Kier molecular flexibility index (Phi) is 5.28. The van der Waals surface area contributed by atoms with E-state index in [1.54, 1.807) is 0 Å². The van der Waals surface area contributed by atoms with Crippen molar-refractivity contribution in [1.82, 2.24) is 15.3 Å². The second kappa shape index (κ2) is 7.18. The Morgan fingerprint density at radius 1 is 1.24 bits per heavy atom. The molecule has 1 aromatic heterocycles. The van der Waals surface area contributed by atoms with Crippen molar-refractivity contribution < 1.29 is 0 Å². The fourth-order valence-electron chi connectivity index (χ4n) is 2.14. The predicted molar refractivity (Wildman–Crippen MR) is 87.3 cm³/mol.